The topological polar surface area (TPSA) is 39.2 Å². The number of hydrogen-bond acceptors (Lipinski definition) is 3. The first-order chi connectivity index (χ1) is 7.72. The molecule has 0 atom stereocenters. The van der Waals surface area contributed by atoms with E-state index in [0.717, 1.165) is 10.8 Å². The molecule has 0 saturated carbocycles. The maximum absolute atomic E-state index is 11.5. The zero-order chi connectivity index (χ0) is 11.5. The van der Waals surface area contributed by atoms with E-state index in [-0.39, 0.29) is 5.69 Å². The van der Waals surface area contributed by atoms with Crippen LogP contribution in [0.25, 0.3) is 10.8 Å². The second-order valence-electron chi connectivity index (χ2n) is 3.24. The fraction of sp³-hybridized carbons (Fsp3) is 0.167. The molecule has 2 rings (SSSR count). The predicted octanol–water partition coefficient (Wildman–Crippen LogP) is 3.06. The molecule has 0 unspecified atom stereocenters. The second kappa shape index (κ2) is 4.49. The van der Waals surface area contributed by atoms with E-state index < -0.39 is 5.97 Å². The van der Waals surface area contributed by atoms with Crippen molar-refractivity contribution in [3.8, 4) is 0 Å². The maximum atomic E-state index is 11.5. The molecule has 0 saturated heterocycles. The molecule has 0 aliphatic rings. The minimum atomic E-state index is -0.449. The number of pyridine rings is 1. The van der Waals surface area contributed by atoms with Crippen LogP contribution >= 0.6 is 11.6 Å². The first-order valence-electron chi connectivity index (χ1n) is 4.94. The van der Waals surface area contributed by atoms with Crippen LogP contribution < -0.4 is 0 Å². The van der Waals surface area contributed by atoms with E-state index >= 15 is 0 Å². The van der Waals surface area contributed by atoms with E-state index in [0.29, 0.717) is 11.8 Å². The standard InChI is InChI=1S/C12H10ClNO2/c1-2-16-12(15)10-7-8-5-3-4-6-9(8)11(13)14-10/h3-7H,2H2,1H3. The Kier molecular flexibility index (Phi) is 3.06. The van der Waals surface area contributed by atoms with Crippen molar-refractivity contribution in [2.75, 3.05) is 6.61 Å². The molecule has 0 fully saturated rings. The molecule has 0 bridgehead atoms. The van der Waals surface area contributed by atoms with Gasteiger partial charge in [0.25, 0.3) is 0 Å². The number of esters is 1. The van der Waals surface area contributed by atoms with Crippen LogP contribution in [0.3, 0.4) is 0 Å². The van der Waals surface area contributed by atoms with Crippen molar-refractivity contribution in [3.63, 3.8) is 0 Å². The average Bonchev–Trinajstić information content (AvgIpc) is 2.29. The molecular weight excluding hydrogens is 226 g/mol. The molecule has 1 aromatic heterocycles. The third-order valence-electron chi connectivity index (χ3n) is 2.18. The molecule has 0 aliphatic carbocycles. The Morgan fingerprint density at radius 1 is 1.44 bits per heavy atom. The Labute approximate surface area is 98.0 Å². The number of nitrogens with zero attached hydrogens (tertiary/aromatic N) is 1. The Morgan fingerprint density at radius 3 is 2.94 bits per heavy atom. The van der Waals surface area contributed by atoms with E-state index in [4.69, 9.17) is 16.3 Å². The summed E-state index contributed by atoms with van der Waals surface area (Å²) in [6.45, 7) is 2.07. The van der Waals surface area contributed by atoms with Crippen molar-refractivity contribution >= 4 is 28.3 Å². The van der Waals surface area contributed by atoms with Crippen LogP contribution in [0.1, 0.15) is 17.4 Å². The van der Waals surface area contributed by atoms with Gasteiger partial charge in [-0.2, -0.15) is 0 Å². The van der Waals surface area contributed by atoms with Crippen molar-refractivity contribution in [1.29, 1.82) is 0 Å². The summed E-state index contributed by atoms with van der Waals surface area (Å²) in [5.74, 6) is -0.449. The van der Waals surface area contributed by atoms with Crippen LogP contribution in [0.4, 0.5) is 0 Å². The molecule has 0 spiro atoms. The number of aromatic nitrogens is 1. The van der Waals surface area contributed by atoms with Crippen LogP contribution in [-0.2, 0) is 4.74 Å². The van der Waals surface area contributed by atoms with E-state index in [1.165, 1.54) is 0 Å². The molecular formula is C12H10ClNO2. The van der Waals surface area contributed by atoms with Gasteiger partial charge in [0.1, 0.15) is 5.15 Å². The minimum Gasteiger partial charge on any atom is -0.461 e. The van der Waals surface area contributed by atoms with Gasteiger partial charge >= 0.3 is 5.97 Å². The quantitative estimate of drug-likeness (QED) is 0.593. The third-order valence-corrected chi connectivity index (χ3v) is 2.47. The number of fused-ring (bicyclic) bond motifs is 1. The van der Waals surface area contributed by atoms with E-state index in [1.807, 2.05) is 24.3 Å². The van der Waals surface area contributed by atoms with Crippen LogP contribution in [0.15, 0.2) is 30.3 Å². The molecule has 0 amide bonds. The lowest BCUT2D eigenvalue weighted by molar-refractivity contribution is 0.0520. The largest absolute Gasteiger partial charge is 0.461 e. The fourth-order valence-electron chi connectivity index (χ4n) is 1.47. The third kappa shape index (κ3) is 1.99. The van der Waals surface area contributed by atoms with Crippen molar-refractivity contribution in [1.82, 2.24) is 4.98 Å². The number of carbonyl (C=O) groups excluding carboxylic acids is 1. The summed E-state index contributed by atoms with van der Waals surface area (Å²) < 4.78 is 4.87. The summed E-state index contributed by atoms with van der Waals surface area (Å²) in [5, 5.41) is 2.03. The number of hydrogen-bond donors (Lipinski definition) is 0. The van der Waals surface area contributed by atoms with Gasteiger partial charge in [-0.1, -0.05) is 35.9 Å². The van der Waals surface area contributed by atoms with Gasteiger partial charge in [-0.25, -0.2) is 9.78 Å². The zero-order valence-corrected chi connectivity index (χ0v) is 9.49. The molecule has 1 aromatic carbocycles. The molecule has 0 N–H and O–H groups in total. The number of rotatable bonds is 2. The summed E-state index contributed by atoms with van der Waals surface area (Å²) in [4.78, 5) is 15.5. The van der Waals surface area contributed by atoms with Gasteiger partial charge in [-0.3, -0.25) is 0 Å². The monoisotopic (exact) mass is 235 g/mol. The van der Waals surface area contributed by atoms with E-state index in [9.17, 15) is 4.79 Å². The summed E-state index contributed by atoms with van der Waals surface area (Å²) in [6, 6.07) is 9.18. The van der Waals surface area contributed by atoms with Gasteiger partial charge in [0, 0.05) is 5.39 Å². The second-order valence-corrected chi connectivity index (χ2v) is 3.60. The fourth-order valence-corrected chi connectivity index (χ4v) is 1.73. The minimum absolute atomic E-state index is 0.241. The first-order valence-corrected chi connectivity index (χ1v) is 5.32. The lowest BCUT2D eigenvalue weighted by atomic mass is 10.1. The van der Waals surface area contributed by atoms with Crippen molar-refractivity contribution < 1.29 is 9.53 Å². The molecule has 0 radical (unpaired) electrons. The Hall–Kier alpha value is -1.61. The van der Waals surface area contributed by atoms with Gasteiger partial charge in [0.05, 0.1) is 6.61 Å². The molecule has 16 heavy (non-hydrogen) atoms. The molecule has 2 aromatic rings. The van der Waals surface area contributed by atoms with Crippen molar-refractivity contribution in [2.24, 2.45) is 0 Å². The molecule has 0 aliphatic heterocycles. The van der Waals surface area contributed by atoms with Crippen molar-refractivity contribution in [2.45, 2.75) is 6.92 Å². The highest BCUT2D eigenvalue weighted by atomic mass is 35.5. The van der Waals surface area contributed by atoms with Gasteiger partial charge in [0.2, 0.25) is 0 Å². The Bertz CT molecular complexity index is 540. The zero-order valence-electron chi connectivity index (χ0n) is 8.74. The Balaban J connectivity index is 2.53. The average molecular weight is 236 g/mol. The van der Waals surface area contributed by atoms with Gasteiger partial charge < -0.3 is 4.74 Å². The highest BCUT2D eigenvalue weighted by Crippen LogP contribution is 2.22. The van der Waals surface area contributed by atoms with E-state index in [2.05, 4.69) is 4.98 Å². The van der Waals surface area contributed by atoms with Gasteiger partial charge in [0.15, 0.2) is 5.69 Å². The van der Waals surface area contributed by atoms with Crippen LogP contribution in [0, 0.1) is 0 Å². The number of benzene rings is 1. The molecule has 82 valence electrons. The van der Waals surface area contributed by atoms with Crippen LogP contribution in [0.5, 0.6) is 0 Å². The number of halogens is 1. The van der Waals surface area contributed by atoms with E-state index in [1.54, 1.807) is 13.0 Å². The highest BCUT2D eigenvalue weighted by Gasteiger charge is 2.11. The normalized spacial score (nSPS) is 10.4. The van der Waals surface area contributed by atoms with Gasteiger partial charge in [-0.15, -0.1) is 0 Å². The SMILES string of the molecule is CCOC(=O)c1cc2ccccc2c(Cl)n1. The lowest BCUT2D eigenvalue weighted by Crippen LogP contribution is -2.07. The first kappa shape index (κ1) is 10.9. The molecule has 1 heterocycles. The lowest BCUT2D eigenvalue weighted by Gasteiger charge is -2.04. The van der Waals surface area contributed by atoms with Crippen LogP contribution in [-0.4, -0.2) is 17.6 Å². The molecule has 3 nitrogen and oxygen atoms in total. The Morgan fingerprint density at radius 2 is 2.19 bits per heavy atom. The number of ether oxygens (including phenoxy) is 1. The number of carbonyl (C=O) groups is 1. The summed E-state index contributed by atoms with van der Waals surface area (Å²) in [7, 11) is 0. The van der Waals surface area contributed by atoms with Gasteiger partial charge in [-0.05, 0) is 18.4 Å². The maximum Gasteiger partial charge on any atom is 0.356 e. The van der Waals surface area contributed by atoms with Crippen molar-refractivity contribution in [3.05, 3.63) is 41.2 Å². The summed E-state index contributed by atoms with van der Waals surface area (Å²) >= 11 is 5.99. The summed E-state index contributed by atoms with van der Waals surface area (Å²) in [6.07, 6.45) is 0. The predicted molar refractivity (Wildman–Crippen MR) is 62.7 cm³/mol. The van der Waals surface area contributed by atoms with Crippen LogP contribution in [0.2, 0.25) is 5.15 Å². The summed E-state index contributed by atoms with van der Waals surface area (Å²) in [5.41, 5.74) is 0.241. The smallest absolute Gasteiger partial charge is 0.356 e. The highest BCUT2D eigenvalue weighted by molar-refractivity contribution is 6.34. The molecule has 4 heteroatoms.